The first-order chi connectivity index (χ1) is 16.0. The third kappa shape index (κ3) is 3.88. The summed E-state index contributed by atoms with van der Waals surface area (Å²) >= 11 is 0. The van der Waals surface area contributed by atoms with Crippen molar-refractivity contribution in [2.45, 2.75) is 0 Å². The number of nitro benzene ring substituents is 1. The van der Waals surface area contributed by atoms with E-state index in [1.165, 1.54) is 31.2 Å². The fraction of sp³-hybridized carbons (Fsp3) is 0.0909. The van der Waals surface area contributed by atoms with Gasteiger partial charge >= 0.3 is 0 Å². The maximum atomic E-state index is 13.1. The zero-order chi connectivity index (χ0) is 23.5. The van der Waals surface area contributed by atoms with Crippen molar-refractivity contribution in [3.05, 3.63) is 76.0 Å². The number of carbonyl (C=O) groups excluding carboxylic acids is 1. The van der Waals surface area contributed by atoms with Gasteiger partial charge in [0.1, 0.15) is 17.2 Å². The highest BCUT2D eigenvalue weighted by Gasteiger charge is 2.26. The lowest BCUT2D eigenvalue weighted by molar-refractivity contribution is -0.385. The predicted octanol–water partition coefficient (Wildman–Crippen LogP) is 3.47. The van der Waals surface area contributed by atoms with E-state index in [2.05, 4.69) is 15.4 Å². The number of ether oxygens (including phenoxy) is 2. The summed E-state index contributed by atoms with van der Waals surface area (Å²) in [7, 11) is 2.68. The number of nitriles is 1. The lowest BCUT2D eigenvalue weighted by Crippen LogP contribution is -2.18. The number of benzene rings is 2. The zero-order valence-corrected chi connectivity index (χ0v) is 17.5. The summed E-state index contributed by atoms with van der Waals surface area (Å²) in [6, 6.07) is 15.2. The van der Waals surface area contributed by atoms with E-state index in [4.69, 9.17) is 9.47 Å². The lowest BCUT2D eigenvalue weighted by Gasteiger charge is -2.12. The van der Waals surface area contributed by atoms with Gasteiger partial charge in [-0.05, 0) is 18.2 Å². The van der Waals surface area contributed by atoms with Gasteiger partial charge in [0, 0.05) is 11.5 Å². The van der Waals surface area contributed by atoms with Crippen LogP contribution < -0.4 is 14.8 Å². The van der Waals surface area contributed by atoms with E-state index in [0.29, 0.717) is 11.3 Å². The van der Waals surface area contributed by atoms with Crippen LogP contribution in [0.5, 0.6) is 11.5 Å². The molecule has 4 aromatic rings. The molecule has 1 N–H and O–H groups in total. The molecule has 0 aliphatic carbocycles. The van der Waals surface area contributed by atoms with Gasteiger partial charge in [0.2, 0.25) is 0 Å². The molecule has 0 saturated heterocycles. The van der Waals surface area contributed by atoms with E-state index in [1.807, 2.05) is 36.4 Å². The van der Waals surface area contributed by atoms with Crippen molar-refractivity contribution in [3.63, 3.8) is 0 Å². The molecule has 164 valence electrons. The van der Waals surface area contributed by atoms with Crippen LogP contribution in [0.2, 0.25) is 0 Å². The first kappa shape index (κ1) is 21.3. The minimum Gasteiger partial charge on any atom is -0.493 e. The first-order valence-electron chi connectivity index (χ1n) is 9.53. The summed E-state index contributed by atoms with van der Waals surface area (Å²) < 4.78 is 11.5. The summed E-state index contributed by atoms with van der Waals surface area (Å²) in [6.07, 6.45) is 1.27. The summed E-state index contributed by atoms with van der Waals surface area (Å²) in [6.45, 7) is 0. The number of fused-ring (bicyclic) bond motifs is 1. The first-order valence-corrected chi connectivity index (χ1v) is 9.53. The number of carbonyl (C=O) groups is 1. The van der Waals surface area contributed by atoms with Crippen LogP contribution in [-0.4, -0.2) is 39.8 Å². The minimum atomic E-state index is -0.832. The Morgan fingerprint density at radius 3 is 2.58 bits per heavy atom. The van der Waals surface area contributed by atoms with Crippen molar-refractivity contribution in [1.82, 2.24) is 14.8 Å². The molecule has 0 aliphatic rings. The number of methoxy groups -OCH3 is 2. The third-order valence-electron chi connectivity index (χ3n) is 4.87. The van der Waals surface area contributed by atoms with Crippen LogP contribution in [-0.2, 0) is 0 Å². The highest BCUT2D eigenvalue weighted by atomic mass is 16.6. The van der Waals surface area contributed by atoms with Crippen LogP contribution in [0.3, 0.4) is 0 Å². The second-order valence-corrected chi connectivity index (χ2v) is 6.73. The van der Waals surface area contributed by atoms with Crippen molar-refractivity contribution < 1.29 is 19.2 Å². The molecule has 0 spiro atoms. The maximum absolute atomic E-state index is 13.1. The maximum Gasteiger partial charge on any atom is 0.286 e. The number of para-hydroxylation sites is 1. The highest BCUT2D eigenvalue weighted by Crippen LogP contribution is 2.35. The second-order valence-electron chi connectivity index (χ2n) is 6.73. The van der Waals surface area contributed by atoms with Gasteiger partial charge in [-0.1, -0.05) is 18.2 Å². The molecule has 1 amide bonds. The van der Waals surface area contributed by atoms with Crippen LogP contribution in [0.15, 0.2) is 54.7 Å². The quantitative estimate of drug-likeness (QED) is 0.351. The average Bonchev–Trinajstić information content (AvgIpc) is 3.24. The van der Waals surface area contributed by atoms with E-state index < -0.39 is 16.5 Å². The molecule has 0 aliphatic heterocycles. The monoisotopic (exact) mass is 444 g/mol. The molecular weight excluding hydrogens is 428 g/mol. The zero-order valence-electron chi connectivity index (χ0n) is 17.5. The van der Waals surface area contributed by atoms with Gasteiger partial charge in [-0.3, -0.25) is 14.9 Å². The van der Waals surface area contributed by atoms with Crippen LogP contribution in [0, 0.1) is 21.4 Å². The van der Waals surface area contributed by atoms with Crippen LogP contribution in [0.4, 0.5) is 11.5 Å². The van der Waals surface area contributed by atoms with Crippen molar-refractivity contribution in [2.24, 2.45) is 0 Å². The lowest BCUT2D eigenvalue weighted by atomic mass is 10.1. The largest absolute Gasteiger partial charge is 0.493 e. The van der Waals surface area contributed by atoms with E-state index in [1.54, 1.807) is 6.07 Å². The van der Waals surface area contributed by atoms with Crippen LogP contribution in [0.25, 0.3) is 16.7 Å². The van der Waals surface area contributed by atoms with Gasteiger partial charge in [-0.15, -0.1) is 0 Å². The predicted molar refractivity (Wildman–Crippen MR) is 118 cm³/mol. The Morgan fingerprint density at radius 2 is 1.88 bits per heavy atom. The Hall–Kier alpha value is -4.98. The molecule has 0 radical (unpaired) electrons. The number of nitrogens with zero attached hydrogens (tertiary/aromatic N) is 5. The van der Waals surface area contributed by atoms with E-state index in [0.717, 1.165) is 11.5 Å². The van der Waals surface area contributed by atoms with Crippen LogP contribution >= 0.6 is 0 Å². The number of hydrogen-bond acceptors (Lipinski definition) is 8. The Morgan fingerprint density at radius 1 is 1.15 bits per heavy atom. The molecule has 2 heterocycles. The summed E-state index contributed by atoms with van der Waals surface area (Å²) in [5.41, 5.74) is -0.0161. The van der Waals surface area contributed by atoms with Gasteiger partial charge in [0.05, 0.1) is 36.9 Å². The molecule has 0 bridgehead atoms. The van der Waals surface area contributed by atoms with Gasteiger partial charge < -0.3 is 14.8 Å². The number of pyridine rings is 1. The number of hydrogen-bond donors (Lipinski definition) is 1. The fourth-order valence-electron chi connectivity index (χ4n) is 3.27. The highest BCUT2D eigenvalue weighted by molar-refractivity contribution is 6.07. The van der Waals surface area contributed by atoms with Gasteiger partial charge in [-0.25, -0.2) is 4.98 Å². The van der Waals surface area contributed by atoms with Crippen molar-refractivity contribution in [1.29, 1.82) is 5.26 Å². The number of aromatic nitrogens is 3. The fourth-order valence-corrected chi connectivity index (χ4v) is 3.27. The second kappa shape index (κ2) is 8.64. The molecule has 0 atom stereocenters. The van der Waals surface area contributed by atoms with Gasteiger partial charge in [0.25, 0.3) is 11.6 Å². The molecular formula is C22H16N6O5. The number of nitro groups is 1. The molecule has 0 unspecified atom stereocenters. The number of nitrogens with one attached hydrogen (secondary N) is 1. The van der Waals surface area contributed by atoms with Crippen molar-refractivity contribution in [3.8, 4) is 23.4 Å². The number of anilines is 1. The summed E-state index contributed by atoms with van der Waals surface area (Å²) in [5.74, 6) is -0.217. The third-order valence-corrected chi connectivity index (χ3v) is 4.87. The Bertz CT molecular complexity index is 1440. The van der Waals surface area contributed by atoms with E-state index in [-0.39, 0.29) is 28.4 Å². The topological polar surface area (TPSA) is 145 Å². The van der Waals surface area contributed by atoms with Crippen molar-refractivity contribution in [2.75, 3.05) is 19.5 Å². The summed E-state index contributed by atoms with van der Waals surface area (Å²) in [4.78, 5) is 28.5. The van der Waals surface area contributed by atoms with E-state index >= 15 is 0 Å². The van der Waals surface area contributed by atoms with Gasteiger partial charge in [-0.2, -0.15) is 15.0 Å². The summed E-state index contributed by atoms with van der Waals surface area (Å²) in [5, 5.41) is 28.7. The number of rotatable bonds is 6. The SMILES string of the molecule is COc1cc(C(=O)Nc2c(C#N)cnn2-c2ccc3ccccc3n2)c([N+](=O)[O-])cc1OC. The molecule has 4 rings (SSSR count). The minimum absolute atomic E-state index is 0.0226. The Kier molecular flexibility index (Phi) is 5.56. The number of amides is 1. The normalized spacial score (nSPS) is 10.5. The average molecular weight is 444 g/mol. The standard InChI is InChI=1S/C22H16N6O5/c1-32-18-9-15(17(28(30)31)10-19(18)33-2)22(29)26-21-14(11-23)12-24-27(21)20-8-7-13-5-3-4-6-16(13)25-20/h3-10,12H,1-2H3,(H,26,29). The van der Waals surface area contributed by atoms with E-state index in [9.17, 15) is 20.2 Å². The smallest absolute Gasteiger partial charge is 0.286 e. The van der Waals surface area contributed by atoms with Gasteiger partial charge in [0.15, 0.2) is 23.1 Å². The molecule has 0 fully saturated rings. The Labute approximate surface area is 186 Å². The molecule has 33 heavy (non-hydrogen) atoms. The molecule has 11 nitrogen and oxygen atoms in total. The molecule has 2 aromatic carbocycles. The van der Waals surface area contributed by atoms with Crippen molar-refractivity contribution >= 4 is 28.3 Å². The Balaban J connectivity index is 1.79. The molecule has 11 heteroatoms. The molecule has 0 saturated carbocycles. The van der Waals surface area contributed by atoms with Crippen LogP contribution in [0.1, 0.15) is 15.9 Å². The molecule has 2 aromatic heterocycles.